The molecule has 1 amide bonds. The standard InChI is InChI=1S/C7H12N2OS/c1-6(3-8)4-9-7(10)5-11-2/h6H,4-5H2,1-2H3,(H,9,10). The maximum atomic E-state index is 10.8. The summed E-state index contributed by atoms with van der Waals surface area (Å²) >= 11 is 1.47. The first kappa shape index (κ1) is 10.3. The second kappa shape index (κ2) is 6.05. The normalized spacial score (nSPS) is 11.7. The van der Waals surface area contributed by atoms with E-state index >= 15 is 0 Å². The monoisotopic (exact) mass is 172 g/mol. The van der Waals surface area contributed by atoms with Gasteiger partial charge in [-0.3, -0.25) is 4.79 Å². The van der Waals surface area contributed by atoms with Crippen LogP contribution in [-0.4, -0.2) is 24.5 Å². The molecule has 4 heteroatoms. The van der Waals surface area contributed by atoms with Crippen molar-refractivity contribution in [2.45, 2.75) is 6.92 Å². The molecule has 1 atom stereocenters. The number of amides is 1. The van der Waals surface area contributed by atoms with Crippen molar-refractivity contribution in [3.63, 3.8) is 0 Å². The van der Waals surface area contributed by atoms with Crippen LogP contribution in [0.15, 0.2) is 0 Å². The van der Waals surface area contributed by atoms with E-state index in [0.29, 0.717) is 12.3 Å². The van der Waals surface area contributed by atoms with Crippen LogP contribution >= 0.6 is 11.8 Å². The van der Waals surface area contributed by atoms with Crippen LogP contribution in [0.2, 0.25) is 0 Å². The molecule has 0 saturated heterocycles. The quantitative estimate of drug-likeness (QED) is 0.676. The van der Waals surface area contributed by atoms with Crippen LogP contribution in [0.3, 0.4) is 0 Å². The van der Waals surface area contributed by atoms with Gasteiger partial charge in [-0.15, -0.1) is 0 Å². The molecular weight excluding hydrogens is 160 g/mol. The van der Waals surface area contributed by atoms with Crippen molar-refractivity contribution in [1.29, 1.82) is 5.26 Å². The molecule has 0 aliphatic carbocycles. The molecule has 0 aromatic heterocycles. The molecule has 0 radical (unpaired) electrons. The lowest BCUT2D eigenvalue weighted by Crippen LogP contribution is -2.29. The zero-order chi connectivity index (χ0) is 8.69. The van der Waals surface area contributed by atoms with E-state index in [1.54, 1.807) is 6.92 Å². The topological polar surface area (TPSA) is 52.9 Å². The van der Waals surface area contributed by atoms with Crippen molar-refractivity contribution < 1.29 is 4.79 Å². The molecule has 11 heavy (non-hydrogen) atoms. The molecule has 0 saturated carbocycles. The van der Waals surface area contributed by atoms with Crippen molar-refractivity contribution in [2.24, 2.45) is 5.92 Å². The Morgan fingerprint density at radius 3 is 2.91 bits per heavy atom. The third-order valence-electron chi connectivity index (χ3n) is 1.10. The Labute approximate surface area is 71.2 Å². The molecule has 0 bridgehead atoms. The Hall–Kier alpha value is -0.690. The number of nitriles is 1. The number of carbonyl (C=O) groups excluding carboxylic acids is 1. The molecule has 0 rings (SSSR count). The smallest absolute Gasteiger partial charge is 0.230 e. The van der Waals surface area contributed by atoms with E-state index in [0.717, 1.165) is 0 Å². The second-order valence-corrected chi connectivity index (χ2v) is 3.13. The summed E-state index contributed by atoms with van der Waals surface area (Å²) in [6, 6.07) is 2.04. The molecule has 0 aliphatic heterocycles. The second-order valence-electron chi connectivity index (χ2n) is 2.27. The number of hydrogen-bond acceptors (Lipinski definition) is 3. The number of nitrogens with one attached hydrogen (secondary N) is 1. The van der Waals surface area contributed by atoms with Gasteiger partial charge in [-0.05, 0) is 13.2 Å². The van der Waals surface area contributed by atoms with E-state index in [9.17, 15) is 4.79 Å². The van der Waals surface area contributed by atoms with E-state index in [2.05, 4.69) is 5.32 Å². The summed E-state index contributed by atoms with van der Waals surface area (Å²) in [6.07, 6.45) is 1.87. The average molecular weight is 172 g/mol. The van der Waals surface area contributed by atoms with Crippen LogP contribution in [-0.2, 0) is 4.79 Å². The SMILES string of the molecule is CSCC(=O)NCC(C)C#N. The van der Waals surface area contributed by atoms with Gasteiger partial charge in [-0.1, -0.05) is 0 Å². The highest BCUT2D eigenvalue weighted by molar-refractivity contribution is 7.99. The summed E-state index contributed by atoms with van der Waals surface area (Å²) in [7, 11) is 0. The summed E-state index contributed by atoms with van der Waals surface area (Å²) < 4.78 is 0. The van der Waals surface area contributed by atoms with E-state index in [1.165, 1.54) is 11.8 Å². The molecule has 0 aromatic carbocycles. The third-order valence-corrected chi connectivity index (χ3v) is 1.65. The first-order valence-corrected chi connectivity index (χ1v) is 4.75. The highest BCUT2D eigenvalue weighted by Gasteiger charge is 2.02. The molecule has 3 nitrogen and oxygen atoms in total. The van der Waals surface area contributed by atoms with Crippen molar-refractivity contribution in [2.75, 3.05) is 18.6 Å². The zero-order valence-electron chi connectivity index (χ0n) is 6.76. The van der Waals surface area contributed by atoms with Gasteiger partial charge in [0.2, 0.25) is 5.91 Å². The van der Waals surface area contributed by atoms with E-state index in [4.69, 9.17) is 5.26 Å². The predicted octanol–water partition coefficient (Wildman–Crippen LogP) is 0.625. The van der Waals surface area contributed by atoms with E-state index in [1.807, 2.05) is 12.3 Å². The molecule has 0 spiro atoms. The number of rotatable bonds is 4. The Bertz CT molecular complexity index is 164. The molecule has 0 heterocycles. The van der Waals surface area contributed by atoms with Crippen molar-refractivity contribution in [3.05, 3.63) is 0 Å². The highest BCUT2D eigenvalue weighted by atomic mass is 32.2. The fourth-order valence-electron chi connectivity index (χ4n) is 0.495. The largest absolute Gasteiger partial charge is 0.354 e. The molecule has 0 fully saturated rings. The van der Waals surface area contributed by atoms with Crippen LogP contribution in [0.1, 0.15) is 6.92 Å². The van der Waals surface area contributed by atoms with Crippen LogP contribution in [0.5, 0.6) is 0 Å². The number of hydrogen-bond donors (Lipinski definition) is 1. The number of carbonyl (C=O) groups is 1. The summed E-state index contributed by atoms with van der Waals surface area (Å²) in [5.41, 5.74) is 0. The fourth-order valence-corrected chi connectivity index (χ4v) is 0.859. The van der Waals surface area contributed by atoms with Crippen LogP contribution in [0.4, 0.5) is 0 Å². The maximum absolute atomic E-state index is 10.8. The lowest BCUT2D eigenvalue weighted by atomic mass is 10.2. The predicted molar refractivity (Wildman–Crippen MR) is 46.2 cm³/mol. The zero-order valence-corrected chi connectivity index (χ0v) is 7.57. The Morgan fingerprint density at radius 1 is 1.82 bits per heavy atom. The van der Waals surface area contributed by atoms with Crippen LogP contribution in [0.25, 0.3) is 0 Å². The number of thioether (sulfide) groups is 1. The van der Waals surface area contributed by atoms with Gasteiger partial charge in [-0.2, -0.15) is 17.0 Å². The lowest BCUT2D eigenvalue weighted by molar-refractivity contribution is -0.118. The summed E-state index contributed by atoms with van der Waals surface area (Å²) in [5, 5.41) is 11.0. The van der Waals surface area contributed by atoms with Crippen LogP contribution in [0, 0.1) is 17.2 Å². The van der Waals surface area contributed by atoms with Crippen molar-refractivity contribution >= 4 is 17.7 Å². The minimum Gasteiger partial charge on any atom is -0.354 e. The van der Waals surface area contributed by atoms with E-state index < -0.39 is 0 Å². The first-order valence-electron chi connectivity index (χ1n) is 3.36. The van der Waals surface area contributed by atoms with Gasteiger partial charge in [0.05, 0.1) is 17.7 Å². The first-order chi connectivity index (χ1) is 5.20. The summed E-state index contributed by atoms with van der Waals surface area (Å²) in [5.74, 6) is 0.374. The minimum atomic E-state index is -0.0965. The Morgan fingerprint density at radius 2 is 2.45 bits per heavy atom. The third kappa shape index (κ3) is 5.74. The van der Waals surface area contributed by atoms with Crippen LogP contribution < -0.4 is 5.32 Å². The van der Waals surface area contributed by atoms with Gasteiger partial charge in [0.15, 0.2) is 0 Å². The lowest BCUT2D eigenvalue weighted by Gasteiger charge is -2.03. The Balaban J connectivity index is 3.39. The van der Waals surface area contributed by atoms with Gasteiger partial charge in [0, 0.05) is 6.54 Å². The molecule has 0 aromatic rings. The maximum Gasteiger partial charge on any atom is 0.230 e. The van der Waals surface area contributed by atoms with Gasteiger partial charge in [-0.25, -0.2) is 0 Å². The van der Waals surface area contributed by atoms with Gasteiger partial charge < -0.3 is 5.32 Å². The van der Waals surface area contributed by atoms with Gasteiger partial charge >= 0.3 is 0 Å². The summed E-state index contributed by atoms with van der Waals surface area (Å²) in [6.45, 7) is 2.23. The fraction of sp³-hybridized carbons (Fsp3) is 0.714. The highest BCUT2D eigenvalue weighted by Crippen LogP contribution is 1.91. The molecular formula is C7H12N2OS. The molecule has 1 unspecified atom stereocenters. The van der Waals surface area contributed by atoms with Gasteiger partial charge in [0.1, 0.15) is 0 Å². The minimum absolute atomic E-state index is 0.000370. The molecule has 0 aliphatic rings. The molecule has 1 N–H and O–H groups in total. The average Bonchev–Trinajstić information content (AvgIpc) is 2.01. The van der Waals surface area contributed by atoms with E-state index in [-0.39, 0.29) is 11.8 Å². The van der Waals surface area contributed by atoms with Gasteiger partial charge in [0.25, 0.3) is 0 Å². The Kier molecular flexibility index (Phi) is 5.67. The summed E-state index contributed by atoms with van der Waals surface area (Å²) in [4.78, 5) is 10.8. The van der Waals surface area contributed by atoms with Crippen molar-refractivity contribution in [3.8, 4) is 6.07 Å². The van der Waals surface area contributed by atoms with Crippen molar-refractivity contribution in [1.82, 2.24) is 5.32 Å². The molecule has 62 valence electrons. The number of nitrogens with zero attached hydrogens (tertiary/aromatic N) is 1.